The summed E-state index contributed by atoms with van der Waals surface area (Å²) in [7, 11) is 0. The third-order valence-electron chi connectivity index (χ3n) is 4.16. The van der Waals surface area contributed by atoms with E-state index in [0.29, 0.717) is 6.54 Å². The molecule has 23 heavy (non-hydrogen) atoms. The quantitative estimate of drug-likeness (QED) is 0.697. The standard InChI is InChI=1S/C19H33N3O/c1-5-7-11-22(6-2)14-17-10-8-9-16(12-17)13-21-19(23)18(20)15(3)4/h8-10,12,15,18H,5-7,11,13-14,20H2,1-4H3,(H,21,23)/t18-/m0/s1. The van der Waals surface area contributed by atoms with E-state index in [-0.39, 0.29) is 11.8 Å². The predicted molar refractivity (Wildman–Crippen MR) is 97.0 cm³/mol. The van der Waals surface area contributed by atoms with E-state index in [9.17, 15) is 4.79 Å². The van der Waals surface area contributed by atoms with E-state index in [1.54, 1.807) is 0 Å². The molecule has 1 rings (SSSR count). The minimum atomic E-state index is -0.442. The summed E-state index contributed by atoms with van der Waals surface area (Å²) >= 11 is 0. The monoisotopic (exact) mass is 319 g/mol. The van der Waals surface area contributed by atoms with Crippen LogP contribution >= 0.6 is 0 Å². The predicted octanol–water partition coefficient (Wildman–Crippen LogP) is 2.91. The fraction of sp³-hybridized carbons (Fsp3) is 0.632. The summed E-state index contributed by atoms with van der Waals surface area (Å²) < 4.78 is 0. The van der Waals surface area contributed by atoms with Crippen LogP contribution in [0.5, 0.6) is 0 Å². The van der Waals surface area contributed by atoms with Gasteiger partial charge in [0.25, 0.3) is 0 Å². The van der Waals surface area contributed by atoms with E-state index in [1.165, 1.54) is 18.4 Å². The second-order valence-corrected chi connectivity index (χ2v) is 6.53. The molecule has 0 spiro atoms. The Morgan fingerprint density at radius 3 is 2.57 bits per heavy atom. The molecule has 0 aliphatic rings. The number of unbranched alkanes of at least 4 members (excludes halogenated alkanes) is 1. The lowest BCUT2D eigenvalue weighted by Gasteiger charge is -2.20. The van der Waals surface area contributed by atoms with Crippen molar-refractivity contribution < 1.29 is 4.79 Å². The molecule has 0 heterocycles. The van der Waals surface area contributed by atoms with Crippen LogP contribution in [0.3, 0.4) is 0 Å². The van der Waals surface area contributed by atoms with Crippen molar-refractivity contribution in [2.75, 3.05) is 13.1 Å². The Labute approximate surface area is 141 Å². The van der Waals surface area contributed by atoms with E-state index in [4.69, 9.17) is 5.73 Å². The van der Waals surface area contributed by atoms with Gasteiger partial charge >= 0.3 is 0 Å². The average molecular weight is 319 g/mol. The number of nitrogens with two attached hydrogens (primary N) is 1. The van der Waals surface area contributed by atoms with E-state index >= 15 is 0 Å². The Balaban J connectivity index is 2.57. The van der Waals surface area contributed by atoms with Gasteiger partial charge in [0.15, 0.2) is 0 Å². The zero-order chi connectivity index (χ0) is 17.2. The molecule has 130 valence electrons. The first kappa shape index (κ1) is 19.7. The maximum absolute atomic E-state index is 11.9. The van der Waals surface area contributed by atoms with Gasteiger partial charge in [-0.1, -0.05) is 58.4 Å². The molecule has 4 heteroatoms. The Morgan fingerprint density at radius 1 is 1.26 bits per heavy atom. The smallest absolute Gasteiger partial charge is 0.237 e. The van der Waals surface area contributed by atoms with E-state index in [1.807, 2.05) is 19.9 Å². The summed E-state index contributed by atoms with van der Waals surface area (Å²) in [5.74, 6) is 0.0709. The van der Waals surface area contributed by atoms with Gasteiger partial charge in [0.1, 0.15) is 0 Å². The molecule has 0 radical (unpaired) electrons. The second kappa shape index (κ2) is 10.4. The SMILES string of the molecule is CCCCN(CC)Cc1cccc(CNC(=O)[C@@H](N)C(C)C)c1. The van der Waals surface area contributed by atoms with Crippen LogP contribution in [0.15, 0.2) is 24.3 Å². The molecule has 1 aromatic rings. The molecule has 0 saturated heterocycles. The zero-order valence-electron chi connectivity index (χ0n) is 15.1. The highest BCUT2D eigenvalue weighted by molar-refractivity contribution is 5.81. The highest BCUT2D eigenvalue weighted by Gasteiger charge is 2.16. The van der Waals surface area contributed by atoms with Gasteiger partial charge in [-0.05, 0) is 36.6 Å². The molecule has 0 bridgehead atoms. The summed E-state index contributed by atoms with van der Waals surface area (Å²) in [6.45, 7) is 12.0. The molecule has 1 atom stereocenters. The summed E-state index contributed by atoms with van der Waals surface area (Å²) in [5.41, 5.74) is 8.28. The molecule has 1 aromatic carbocycles. The molecular weight excluding hydrogens is 286 g/mol. The van der Waals surface area contributed by atoms with Gasteiger partial charge in [-0.3, -0.25) is 9.69 Å². The van der Waals surface area contributed by atoms with Crippen molar-refractivity contribution >= 4 is 5.91 Å². The Bertz CT molecular complexity index is 473. The molecule has 3 N–H and O–H groups in total. The van der Waals surface area contributed by atoms with Crippen molar-refractivity contribution in [1.29, 1.82) is 0 Å². The molecule has 0 saturated carbocycles. The molecule has 0 aromatic heterocycles. The van der Waals surface area contributed by atoms with Crippen LogP contribution in [0.25, 0.3) is 0 Å². The number of nitrogens with zero attached hydrogens (tertiary/aromatic N) is 1. The van der Waals surface area contributed by atoms with Crippen molar-refractivity contribution in [3.05, 3.63) is 35.4 Å². The van der Waals surface area contributed by atoms with Crippen LogP contribution in [0, 0.1) is 5.92 Å². The first-order valence-corrected chi connectivity index (χ1v) is 8.81. The van der Waals surface area contributed by atoms with E-state index < -0.39 is 6.04 Å². The Kier molecular flexibility index (Phi) is 8.89. The van der Waals surface area contributed by atoms with Gasteiger partial charge in [-0.2, -0.15) is 0 Å². The number of hydrogen-bond acceptors (Lipinski definition) is 3. The lowest BCUT2D eigenvalue weighted by Crippen LogP contribution is -2.43. The molecule has 0 fully saturated rings. The van der Waals surface area contributed by atoms with Crippen molar-refractivity contribution in [3.8, 4) is 0 Å². The lowest BCUT2D eigenvalue weighted by molar-refractivity contribution is -0.123. The first-order valence-electron chi connectivity index (χ1n) is 8.81. The summed E-state index contributed by atoms with van der Waals surface area (Å²) in [6.07, 6.45) is 2.45. The molecule has 0 aliphatic carbocycles. The second-order valence-electron chi connectivity index (χ2n) is 6.53. The highest BCUT2D eigenvalue weighted by atomic mass is 16.2. The maximum atomic E-state index is 11.9. The fourth-order valence-corrected chi connectivity index (χ4v) is 2.44. The van der Waals surface area contributed by atoms with Gasteiger partial charge < -0.3 is 11.1 Å². The lowest BCUT2D eigenvalue weighted by atomic mass is 10.0. The van der Waals surface area contributed by atoms with Crippen LogP contribution in [0.4, 0.5) is 0 Å². The number of nitrogens with one attached hydrogen (secondary N) is 1. The Morgan fingerprint density at radius 2 is 1.96 bits per heavy atom. The maximum Gasteiger partial charge on any atom is 0.237 e. The van der Waals surface area contributed by atoms with Crippen LogP contribution in [0.2, 0.25) is 0 Å². The average Bonchev–Trinajstić information content (AvgIpc) is 2.55. The van der Waals surface area contributed by atoms with Gasteiger partial charge in [-0.25, -0.2) is 0 Å². The number of carbonyl (C=O) groups excluding carboxylic acids is 1. The molecular formula is C19H33N3O. The van der Waals surface area contributed by atoms with E-state index in [2.05, 4.69) is 42.3 Å². The van der Waals surface area contributed by atoms with Crippen LogP contribution in [0.1, 0.15) is 51.7 Å². The van der Waals surface area contributed by atoms with E-state index in [0.717, 1.165) is 25.2 Å². The molecule has 1 amide bonds. The summed E-state index contributed by atoms with van der Waals surface area (Å²) in [6, 6.07) is 8.00. The molecule has 0 aliphatic heterocycles. The van der Waals surface area contributed by atoms with Gasteiger partial charge in [0.2, 0.25) is 5.91 Å². The third kappa shape index (κ3) is 7.14. The fourth-order valence-electron chi connectivity index (χ4n) is 2.44. The first-order chi connectivity index (χ1) is 11.0. The number of hydrogen-bond donors (Lipinski definition) is 2. The van der Waals surface area contributed by atoms with Crippen molar-refractivity contribution in [1.82, 2.24) is 10.2 Å². The minimum Gasteiger partial charge on any atom is -0.351 e. The topological polar surface area (TPSA) is 58.4 Å². The van der Waals surface area contributed by atoms with Gasteiger partial charge in [-0.15, -0.1) is 0 Å². The number of amides is 1. The largest absolute Gasteiger partial charge is 0.351 e. The van der Waals surface area contributed by atoms with Crippen LogP contribution in [-0.2, 0) is 17.9 Å². The zero-order valence-corrected chi connectivity index (χ0v) is 15.1. The van der Waals surface area contributed by atoms with Crippen LogP contribution in [-0.4, -0.2) is 29.9 Å². The number of benzene rings is 1. The van der Waals surface area contributed by atoms with Gasteiger partial charge in [0.05, 0.1) is 6.04 Å². The molecule has 4 nitrogen and oxygen atoms in total. The van der Waals surface area contributed by atoms with Crippen molar-refractivity contribution in [2.24, 2.45) is 11.7 Å². The van der Waals surface area contributed by atoms with Crippen molar-refractivity contribution in [3.63, 3.8) is 0 Å². The summed E-state index contributed by atoms with van der Waals surface area (Å²) in [4.78, 5) is 14.4. The number of carbonyl (C=O) groups is 1. The minimum absolute atomic E-state index is 0.0801. The highest BCUT2D eigenvalue weighted by Crippen LogP contribution is 2.10. The van der Waals surface area contributed by atoms with Gasteiger partial charge in [0, 0.05) is 13.1 Å². The Hall–Kier alpha value is -1.39. The molecule has 0 unspecified atom stereocenters. The number of rotatable bonds is 10. The van der Waals surface area contributed by atoms with Crippen molar-refractivity contribution in [2.45, 2.75) is 59.7 Å². The summed E-state index contributed by atoms with van der Waals surface area (Å²) in [5, 5.41) is 2.93. The third-order valence-corrected chi connectivity index (χ3v) is 4.16. The normalized spacial score (nSPS) is 12.7. The van der Waals surface area contributed by atoms with Crippen LogP contribution < -0.4 is 11.1 Å².